The van der Waals surface area contributed by atoms with Crippen LogP contribution in [0, 0.1) is 11.8 Å². The maximum atomic E-state index is 12.9. The van der Waals surface area contributed by atoms with Crippen LogP contribution in [0.25, 0.3) is 0 Å². The molecule has 1 heterocycles. The Morgan fingerprint density at radius 2 is 2.10 bits per heavy atom. The molecule has 1 aliphatic heterocycles. The smallest absolute Gasteiger partial charge is 0.157 e. The van der Waals surface area contributed by atoms with E-state index in [0.29, 0.717) is 18.3 Å². The van der Waals surface area contributed by atoms with Gasteiger partial charge in [-0.05, 0) is 44.4 Å². The highest BCUT2D eigenvalue weighted by Gasteiger charge is 2.22. The highest BCUT2D eigenvalue weighted by atomic mass is 19.1. The van der Waals surface area contributed by atoms with Crippen molar-refractivity contribution in [1.82, 2.24) is 0 Å². The molecule has 0 aromatic rings. The van der Waals surface area contributed by atoms with E-state index >= 15 is 0 Å². The molecule has 1 fully saturated rings. The lowest BCUT2D eigenvalue weighted by molar-refractivity contribution is -0.196. The Balaban J connectivity index is 1.60. The van der Waals surface area contributed by atoms with Gasteiger partial charge in [-0.2, -0.15) is 0 Å². The third-order valence-corrected chi connectivity index (χ3v) is 4.13. The second-order valence-electron chi connectivity index (χ2n) is 5.94. The molecule has 0 spiro atoms. The zero-order valence-electron chi connectivity index (χ0n) is 12.5. The molecule has 0 aromatic heterocycles. The Morgan fingerprint density at radius 3 is 2.75 bits per heavy atom. The van der Waals surface area contributed by atoms with Gasteiger partial charge in [-0.1, -0.05) is 31.6 Å². The molecule has 0 saturated carbocycles. The van der Waals surface area contributed by atoms with E-state index in [1.54, 1.807) is 6.08 Å². The fourth-order valence-corrected chi connectivity index (χ4v) is 2.78. The van der Waals surface area contributed by atoms with Crippen LogP contribution in [0.4, 0.5) is 4.39 Å². The number of halogens is 1. The average molecular weight is 282 g/mol. The van der Waals surface area contributed by atoms with Crippen molar-refractivity contribution >= 4 is 0 Å². The summed E-state index contributed by atoms with van der Waals surface area (Å²) in [6, 6.07) is 0. The van der Waals surface area contributed by atoms with Crippen LogP contribution in [-0.4, -0.2) is 19.5 Å². The fourth-order valence-electron chi connectivity index (χ4n) is 2.78. The maximum absolute atomic E-state index is 12.9. The number of ether oxygens (including phenoxy) is 2. The number of unbranched alkanes of at least 4 members (excludes halogenated alkanes) is 1. The first-order valence-corrected chi connectivity index (χ1v) is 8.02. The normalized spacial score (nSPS) is 31.5. The predicted molar refractivity (Wildman–Crippen MR) is 79.0 cm³/mol. The summed E-state index contributed by atoms with van der Waals surface area (Å²) in [5.41, 5.74) is 0. The van der Waals surface area contributed by atoms with Crippen LogP contribution in [0.5, 0.6) is 0 Å². The molecule has 1 atom stereocenters. The van der Waals surface area contributed by atoms with Gasteiger partial charge in [-0.15, -0.1) is 0 Å². The first-order valence-electron chi connectivity index (χ1n) is 8.02. The molecule has 0 radical (unpaired) electrons. The molecular weight excluding hydrogens is 255 g/mol. The molecule has 114 valence electrons. The molecule has 2 rings (SSSR count). The van der Waals surface area contributed by atoms with E-state index in [0.717, 1.165) is 45.3 Å². The van der Waals surface area contributed by atoms with E-state index in [1.165, 1.54) is 6.42 Å². The van der Waals surface area contributed by atoms with Gasteiger partial charge in [0.15, 0.2) is 6.29 Å². The minimum atomic E-state index is -0.0541. The van der Waals surface area contributed by atoms with Crippen molar-refractivity contribution in [3.05, 3.63) is 24.1 Å². The summed E-state index contributed by atoms with van der Waals surface area (Å²) in [6.45, 7) is 3.72. The number of hydrogen-bond donors (Lipinski definition) is 0. The van der Waals surface area contributed by atoms with E-state index in [1.807, 2.05) is 0 Å². The van der Waals surface area contributed by atoms with Crippen molar-refractivity contribution in [3.63, 3.8) is 0 Å². The highest BCUT2D eigenvalue weighted by Crippen LogP contribution is 2.29. The molecule has 1 aliphatic carbocycles. The van der Waals surface area contributed by atoms with Crippen LogP contribution in [0.15, 0.2) is 24.1 Å². The summed E-state index contributed by atoms with van der Waals surface area (Å²) in [4.78, 5) is 0. The lowest BCUT2D eigenvalue weighted by Gasteiger charge is -2.29. The first-order chi connectivity index (χ1) is 9.78. The van der Waals surface area contributed by atoms with E-state index < -0.39 is 0 Å². The van der Waals surface area contributed by atoms with Gasteiger partial charge in [0, 0.05) is 5.92 Å². The lowest BCUT2D eigenvalue weighted by atomic mass is 9.89. The van der Waals surface area contributed by atoms with Crippen molar-refractivity contribution in [2.45, 2.75) is 58.2 Å². The van der Waals surface area contributed by atoms with Crippen LogP contribution >= 0.6 is 0 Å². The minimum absolute atomic E-state index is 0.0541. The van der Waals surface area contributed by atoms with Crippen molar-refractivity contribution in [2.75, 3.05) is 13.2 Å². The summed E-state index contributed by atoms with van der Waals surface area (Å²) in [6.07, 6.45) is 12.9. The van der Waals surface area contributed by atoms with Gasteiger partial charge in [0.1, 0.15) is 0 Å². The van der Waals surface area contributed by atoms with E-state index in [-0.39, 0.29) is 12.1 Å². The van der Waals surface area contributed by atoms with Gasteiger partial charge < -0.3 is 9.47 Å². The van der Waals surface area contributed by atoms with E-state index in [9.17, 15) is 4.39 Å². The first kappa shape index (κ1) is 15.7. The number of rotatable bonds is 6. The fraction of sp³-hybridized carbons (Fsp3) is 0.765. The Kier molecular flexibility index (Phi) is 6.74. The quantitative estimate of drug-likeness (QED) is 0.654. The summed E-state index contributed by atoms with van der Waals surface area (Å²) in [5.74, 6) is 1.07. The molecule has 3 heteroatoms. The Morgan fingerprint density at radius 1 is 1.30 bits per heavy atom. The van der Waals surface area contributed by atoms with Crippen molar-refractivity contribution in [2.24, 2.45) is 11.8 Å². The molecule has 0 N–H and O–H groups in total. The van der Waals surface area contributed by atoms with Gasteiger partial charge in [0.2, 0.25) is 0 Å². The molecule has 1 unspecified atom stereocenters. The molecular formula is C17H27FO2. The Hall–Kier alpha value is -0.670. The number of allylic oxidation sites excluding steroid dienone is 3. The molecule has 2 nitrogen and oxygen atoms in total. The average Bonchev–Trinajstić information content (AvgIpc) is 2.48. The third kappa shape index (κ3) is 5.37. The van der Waals surface area contributed by atoms with Gasteiger partial charge >= 0.3 is 0 Å². The van der Waals surface area contributed by atoms with Crippen LogP contribution in [0.3, 0.4) is 0 Å². The van der Waals surface area contributed by atoms with Crippen molar-refractivity contribution in [1.29, 1.82) is 0 Å². The maximum Gasteiger partial charge on any atom is 0.157 e. The molecule has 0 amide bonds. The monoisotopic (exact) mass is 282 g/mol. The second kappa shape index (κ2) is 8.58. The van der Waals surface area contributed by atoms with Crippen molar-refractivity contribution < 1.29 is 13.9 Å². The summed E-state index contributed by atoms with van der Waals surface area (Å²) in [5, 5.41) is 0. The molecule has 2 aliphatic rings. The third-order valence-electron chi connectivity index (χ3n) is 4.13. The standard InChI is InChI=1S/C17H27FO2/c1-2-3-4-5-15-12-19-17(20-13-15)11-8-14-6-9-16(18)10-7-14/h4-5,9,14-15,17H,2-3,6-8,10-13H2,1H3/b5-4+. The zero-order chi connectivity index (χ0) is 14.2. The summed E-state index contributed by atoms with van der Waals surface area (Å²) < 4.78 is 24.5. The van der Waals surface area contributed by atoms with Crippen LogP contribution < -0.4 is 0 Å². The molecule has 0 bridgehead atoms. The van der Waals surface area contributed by atoms with Crippen LogP contribution in [-0.2, 0) is 9.47 Å². The molecule has 1 saturated heterocycles. The second-order valence-corrected chi connectivity index (χ2v) is 5.94. The molecule has 20 heavy (non-hydrogen) atoms. The van der Waals surface area contributed by atoms with Gasteiger partial charge in [0.05, 0.1) is 19.0 Å². The predicted octanol–water partition coefficient (Wildman–Crippen LogP) is 4.77. The number of hydrogen-bond acceptors (Lipinski definition) is 2. The van der Waals surface area contributed by atoms with Crippen LogP contribution in [0.1, 0.15) is 51.9 Å². The minimum Gasteiger partial charge on any atom is -0.352 e. The topological polar surface area (TPSA) is 18.5 Å². The Bertz CT molecular complexity index is 330. The van der Waals surface area contributed by atoms with Crippen LogP contribution in [0.2, 0.25) is 0 Å². The zero-order valence-corrected chi connectivity index (χ0v) is 12.5. The Labute approximate surface area is 122 Å². The highest BCUT2D eigenvalue weighted by molar-refractivity contribution is 4.97. The van der Waals surface area contributed by atoms with Gasteiger partial charge in [-0.3, -0.25) is 0 Å². The molecule has 0 aromatic carbocycles. The lowest BCUT2D eigenvalue weighted by Crippen LogP contribution is -2.31. The van der Waals surface area contributed by atoms with Crippen molar-refractivity contribution in [3.8, 4) is 0 Å². The van der Waals surface area contributed by atoms with E-state index in [2.05, 4.69) is 19.1 Å². The van der Waals surface area contributed by atoms with Gasteiger partial charge in [0.25, 0.3) is 0 Å². The van der Waals surface area contributed by atoms with E-state index in [4.69, 9.17) is 9.47 Å². The SMILES string of the molecule is CCC/C=C/C1COC(CCC2CC=C(F)CC2)OC1. The van der Waals surface area contributed by atoms with Gasteiger partial charge in [-0.25, -0.2) is 4.39 Å². The summed E-state index contributed by atoms with van der Waals surface area (Å²) in [7, 11) is 0. The summed E-state index contributed by atoms with van der Waals surface area (Å²) >= 11 is 0. The largest absolute Gasteiger partial charge is 0.352 e.